The van der Waals surface area contributed by atoms with Crippen molar-refractivity contribution in [1.29, 1.82) is 5.26 Å². The highest BCUT2D eigenvalue weighted by Gasteiger charge is 2.34. The Labute approximate surface area is 98.2 Å². The van der Waals surface area contributed by atoms with Gasteiger partial charge in [0, 0.05) is 5.92 Å². The van der Waals surface area contributed by atoms with Gasteiger partial charge in [0.25, 0.3) is 0 Å². The zero-order valence-electron chi connectivity index (χ0n) is 10.4. The van der Waals surface area contributed by atoms with Gasteiger partial charge < -0.3 is 5.32 Å². The molecule has 0 spiro atoms. The van der Waals surface area contributed by atoms with Crippen molar-refractivity contribution in [2.75, 3.05) is 0 Å². The highest BCUT2D eigenvalue weighted by Crippen LogP contribution is 2.28. The summed E-state index contributed by atoms with van der Waals surface area (Å²) in [6.07, 6.45) is 6.62. The van der Waals surface area contributed by atoms with Crippen LogP contribution in [0, 0.1) is 17.2 Å². The van der Waals surface area contributed by atoms with Gasteiger partial charge in [-0.15, -0.1) is 0 Å². The van der Waals surface area contributed by atoms with Crippen molar-refractivity contribution in [3.05, 3.63) is 0 Å². The van der Waals surface area contributed by atoms with Gasteiger partial charge in [-0.05, 0) is 25.7 Å². The van der Waals surface area contributed by atoms with E-state index in [1.54, 1.807) is 0 Å². The second-order valence-corrected chi connectivity index (χ2v) is 4.76. The van der Waals surface area contributed by atoms with E-state index in [2.05, 4.69) is 11.4 Å². The minimum Gasteiger partial charge on any atom is -0.338 e. The Morgan fingerprint density at radius 2 is 1.88 bits per heavy atom. The number of amides is 1. The lowest BCUT2D eigenvalue weighted by Crippen LogP contribution is -2.50. The summed E-state index contributed by atoms with van der Waals surface area (Å²) >= 11 is 0. The monoisotopic (exact) mass is 222 g/mol. The van der Waals surface area contributed by atoms with Crippen LogP contribution < -0.4 is 5.32 Å². The standard InChI is InChI=1S/C13H22N2O/c1-3-11(4-2)12(16)15-13(10-14)8-6-5-7-9-13/h11H,3-9H2,1-2H3,(H,15,16). The van der Waals surface area contributed by atoms with E-state index in [0.29, 0.717) is 0 Å². The van der Waals surface area contributed by atoms with E-state index in [4.69, 9.17) is 0 Å². The number of carbonyl (C=O) groups is 1. The maximum absolute atomic E-state index is 12.0. The number of hydrogen-bond acceptors (Lipinski definition) is 2. The van der Waals surface area contributed by atoms with Crippen molar-refractivity contribution in [3.63, 3.8) is 0 Å². The minimum atomic E-state index is -0.572. The van der Waals surface area contributed by atoms with Crippen LogP contribution in [0.2, 0.25) is 0 Å². The van der Waals surface area contributed by atoms with Crippen LogP contribution in [0.5, 0.6) is 0 Å². The summed E-state index contributed by atoms with van der Waals surface area (Å²) in [7, 11) is 0. The van der Waals surface area contributed by atoms with Gasteiger partial charge in [-0.1, -0.05) is 33.1 Å². The molecule has 0 bridgehead atoms. The quantitative estimate of drug-likeness (QED) is 0.795. The van der Waals surface area contributed by atoms with E-state index in [0.717, 1.165) is 38.5 Å². The second-order valence-electron chi connectivity index (χ2n) is 4.76. The van der Waals surface area contributed by atoms with Gasteiger partial charge >= 0.3 is 0 Å². The molecule has 0 aliphatic heterocycles. The molecule has 3 nitrogen and oxygen atoms in total. The van der Waals surface area contributed by atoms with E-state index >= 15 is 0 Å². The molecule has 3 heteroatoms. The fourth-order valence-corrected chi connectivity index (χ4v) is 2.42. The predicted molar refractivity (Wildman–Crippen MR) is 63.6 cm³/mol. The van der Waals surface area contributed by atoms with Crippen LogP contribution in [0.3, 0.4) is 0 Å². The number of nitrogens with one attached hydrogen (secondary N) is 1. The molecule has 1 rings (SSSR count). The fourth-order valence-electron chi connectivity index (χ4n) is 2.42. The molecule has 0 radical (unpaired) electrons. The third-order valence-electron chi connectivity index (χ3n) is 3.64. The molecule has 16 heavy (non-hydrogen) atoms. The molecular weight excluding hydrogens is 200 g/mol. The molecule has 0 aromatic rings. The zero-order valence-corrected chi connectivity index (χ0v) is 10.4. The second kappa shape index (κ2) is 5.89. The molecule has 1 fully saturated rings. The number of nitriles is 1. The fraction of sp³-hybridized carbons (Fsp3) is 0.846. The topological polar surface area (TPSA) is 52.9 Å². The van der Waals surface area contributed by atoms with Gasteiger partial charge in [0.05, 0.1) is 6.07 Å². The van der Waals surface area contributed by atoms with Crippen LogP contribution in [0.1, 0.15) is 58.8 Å². The lowest BCUT2D eigenvalue weighted by molar-refractivity contribution is -0.126. The SMILES string of the molecule is CCC(CC)C(=O)NC1(C#N)CCCCC1. The van der Waals surface area contributed by atoms with Crippen molar-refractivity contribution < 1.29 is 4.79 Å². The van der Waals surface area contributed by atoms with Crippen LogP contribution in [-0.4, -0.2) is 11.4 Å². The molecule has 1 aliphatic rings. The molecule has 90 valence electrons. The van der Waals surface area contributed by atoms with Gasteiger partial charge in [-0.25, -0.2) is 0 Å². The Morgan fingerprint density at radius 1 is 1.31 bits per heavy atom. The zero-order chi connectivity index (χ0) is 12.0. The largest absolute Gasteiger partial charge is 0.338 e. The molecule has 0 atom stereocenters. The van der Waals surface area contributed by atoms with Crippen LogP contribution in [0.15, 0.2) is 0 Å². The van der Waals surface area contributed by atoms with Gasteiger partial charge in [0.1, 0.15) is 5.54 Å². The van der Waals surface area contributed by atoms with E-state index in [9.17, 15) is 10.1 Å². The van der Waals surface area contributed by atoms with Gasteiger partial charge in [0.2, 0.25) is 5.91 Å². The maximum atomic E-state index is 12.0. The first-order chi connectivity index (χ1) is 7.67. The maximum Gasteiger partial charge on any atom is 0.224 e. The molecule has 0 aromatic heterocycles. The summed E-state index contributed by atoms with van der Waals surface area (Å²) in [5.74, 6) is 0.126. The number of nitrogens with zero attached hydrogens (tertiary/aromatic N) is 1. The Kier molecular flexibility index (Phi) is 4.79. The van der Waals surface area contributed by atoms with E-state index < -0.39 is 5.54 Å². The summed E-state index contributed by atoms with van der Waals surface area (Å²) in [6, 6.07) is 2.32. The number of hydrogen-bond donors (Lipinski definition) is 1. The Balaban J connectivity index is 2.62. The molecule has 0 aromatic carbocycles. The normalized spacial score (nSPS) is 19.1. The molecular formula is C13H22N2O. The molecule has 0 heterocycles. The first kappa shape index (κ1) is 13.0. The summed E-state index contributed by atoms with van der Waals surface area (Å²) in [4.78, 5) is 12.0. The Morgan fingerprint density at radius 3 is 2.31 bits per heavy atom. The van der Waals surface area contributed by atoms with Crippen molar-refractivity contribution in [1.82, 2.24) is 5.32 Å². The molecule has 1 N–H and O–H groups in total. The predicted octanol–water partition coefficient (Wildman–Crippen LogP) is 2.77. The molecule has 0 saturated heterocycles. The highest BCUT2D eigenvalue weighted by molar-refractivity contribution is 5.79. The Bertz CT molecular complexity index is 270. The van der Waals surface area contributed by atoms with Crippen LogP contribution >= 0.6 is 0 Å². The van der Waals surface area contributed by atoms with E-state index in [1.807, 2.05) is 13.8 Å². The molecule has 1 saturated carbocycles. The van der Waals surface area contributed by atoms with Gasteiger partial charge in [-0.2, -0.15) is 5.26 Å². The molecule has 1 amide bonds. The van der Waals surface area contributed by atoms with Gasteiger partial charge in [-0.3, -0.25) is 4.79 Å². The number of rotatable bonds is 4. The number of carbonyl (C=O) groups excluding carboxylic acids is 1. The van der Waals surface area contributed by atoms with Crippen molar-refractivity contribution in [2.45, 2.75) is 64.3 Å². The minimum absolute atomic E-state index is 0.0622. The first-order valence-corrected chi connectivity index (χ1v) is 6.40. The first-order valence-electron chi connectivity index (χ1n) is 6.40. The highest BCUT2D eigenvalue weighted by atomic mass is 16.2. The summed E-state index contributed by atoms with van der Waals surface area (Å²) in [5, 5.41) is 12.2. The average Bonchev–Trinajstić information content (AvgIpc) is 2.32. The summed E-state index contributed by atoms with van der Waals surface area (Å²) < 4.78 is 0. The van der Waals surface area contributed by atoms with E-state index in [-0.39, 0.29) is 11.8 Å². The van der Waals surface area contributed by atoms with Crippen LogP contribution in [0.4, 0.5) is 0 Å². The van der Waals surface area contributed by atoms with Crippen molar-refractivity contribution in [2.24, 2.45) is 5.92 Å². The van der Waals surface area contributed by atoms with E-state index in [1.165, 1.54) is 6.42 Å². The molecule has 1 aliphatic carbocycles. The average molecular weight is 222 g/mol. The third-order valence-corrected chi connectivity index (χ3v) is 3.64. The lowest BCUT2D eigenvalue weighted by atomic mass is 9.82. The van der Waals surface area contributed by atoms with Crippen molar-refractivity contribution in [3.8, 4) is 6.07 Å². The summed E-state index contributed by atoms with van der Waals surface area (Å²) in [6.45, 7) is 4.04. The van der Waals surface area contributed by atoms with Crippen LogP contribution in [0.25, 0.3) is 0 Å². The lowest BCUT2D eigenvalue weighted by Gasteiger charge is -2.32. The smallest absolute Gasteiger partial charge is 0.224 e. The Hall–Kier alpha value is -1.04. The summed E-state index contributed by atoms with van der Waals surface area (Å²) in [5.41, 5.74) is -0.572. The third kappa shape index (κ3) is 2.98. The van der Waals surface area contributed by atoms with Gasteiger partial charge in [0.15, 0.2) is 0 Å². The van der Waals surface area contributed by atoms with Crippen LogP contribution in [-0.2, 0) is 4.79 Å². The molecule has 0 unspecified atom stereocenters. The van der Waals surface area contributed by atoms with Crippen molar-refractivity contribution >= 4 is 5.91 Å².